The van der Waals surface area contributed by atoms with Crippen molar-refractivity contribution in [2.24, 2.45) is 5.73 Å². The van der Waals surface area contributed by atoms with Crippen molar-refractivity contribution in [3.05, 3.63) is 29.0 Å². The standard InChI is InChI=1S/C15H22N2O/c1-9-7-12(18-4)8-14-13(6-5-10(2)16)11(3)17-15(9)14/h7-8,10,17H,5-6,16H2,1-4H3. The van der Waals surface area contributed by atoms with Gasteiger partial charge < -0.3 is 15.5 Å². The fourth-order valence-electron chi connectivity index (χ4n) is 2.43. The molecule has 0 aliphatic heterocycles. The fourth-order valence-corrected chi connectivity index (χ4v) is 2.43. The highest BCUT2D eigenvalue weighted by Crippen LogP contribution is 2.30. The molecule has 3 nitrogen and oxygen atoms in total. The Morgan fingerprint density at radius 3 is 2.67 bits per heavy atom. The second-order valence-electron chi connectivity index (χ2n) is 5.11. The first-order chi connectivity index (χ1) is 8.52. The molecule has 1 aromatic heterocycles. The quantitative estimate of drug-likeness (QED) is 0.871. The Hall–Kier alpha value is -1.48. The molecule has 0 amide bonds. The van der Waals surface area contributed by atoms with Crippen molar-refractivity contribution in [2.75, 3.05) is 7.11 Å². The van der Waals surface area contributed by atoms with E-state index in [0.29, 0.717) is 0 Å². The lowest BCUT2D eigenvalue weighted by atomic mass is 10.0. The van der Waals surface area contributed by atoms with Gasteiger partial charge in [0.05, 0.1) is 7.11 Å². The van der Waals surface area contributed by atoms with Crippen LogP contribution in [0, 0.1) is 13.8 Å². The maximum Gasteiger partial charge on any atom is 0.119 e. The maximum absolute atomic E-state index is 5.85. The monoisotopic (exact) mass is 246 g/mol. The molecule has 0 saturated heterocycles. The van der Waals surface area contributed by atoms with Gasteiger partial charge in [-0.2, -0.15) is 0 Å². The molecule has 0 bridgehead atoms. The molecule has 0 aliphatic rings. The van der Waals surface area contributed by atoms with Gasteiger partial charge in [-0.05, 0) is 56.9 Å². The van der Waals surface area contributed by atoms with Gasteiger partial charge in [-0.3, -0.25) is 0 Å². The van der Waals surface area contributed by atoms with Crippen LogP contribution in [0.2, 0.25) is 0 Å². The van der Waals surface area contributed by atoms with Crippen LogP contribution in [-0.2, 0) is 6.42 Å². The van der Waals surface area contributed by atoms with E-state index in [2.05, 4.69) is 37.9 Å². The Morgan fingerprint density at radius 1 is 1.33 bits per heavy atom. The van der Waals surface area contributed by atoms with E-state index in [1.54, 1.807) is 7.11 Å². The van der Waals surface area contributed by atoms with E-state index in [4.69, 9.17) is 10.5 Å². The van der Waals surface area contributed by atoms with Crippen LogP contribution in [0.25, 0.3) is 10.9 Å². The Morgan fingerprint density at radius 2 is 2.06 bits per heavy atom. The molecule has 0 spiro atoms. The van der Waals surface area contributed by atoms with Crippen LogP contribution in [0.3, 0.4) is 0 Å². The number of hydrogen-bond acceptors (Lipinski definition) is 2. The smallest absolute Gasteiger partial charge is 0.119 e. The number of aromatic nitrogens is 1. The Balaban J connectivity index is 2.51. The number of nitrogens with one attached hydrogen (secondary N) is 1. The zero-order valence-electron chi connectivity index (χ0n) is 11.6. The highest BCUT2D eigenvalue weighted by Gasteiger charge is 2.12. The topological polar surface area (TPSA) is 51.0 Å². The average molecular weight is 246 g/mol. The summed E-state index contributed by atoms with van der Waals surface area (Å²) in [5, 5.41) is 1.27. The highest BCUT2D eigenvalue weighted by atomic mass is 16.5. The van der Waals surface area contributed by atoms with Gasteiger partial charge in [-0.1, -0.05) is 0 Å². The summed E-state index contributed by atoms with van der Waals surface area (Å²) in [5.74, 6) is 0.918. The third-order valence-electron chi connectivity index (χ3n) is 3.48. The Bertz CT molecular complexity index is 555. The summed E-state index contributed by atoms with van der Waals surface area (Å²) in [5.41, 5.74) is 10.9. The molecular formula is C15H22N2O. The number of rotatable bonds is 4. The summed E-state index contributed by atoms with van der Waals surface area (Å²) < 4.78 is 5.35. The molecule has 1 aromatic carbocycles. The number of hydrogen-bond donors (Lipinski definition) is 2. The van der Waals surface area contributed by atoms with Crippen LogP contribution in [-0.4, -0.2) is 18.1 Å². The molecule has 3 N–H and O–H groups in total. The highest BCUT2D eigenvalue weighted by molar-refractivity contribution is 5.88. The van der Waals surface area contributed by atoms with E-state index in [0.717, 1.165) is 18.6 Å². The van der Waals surface area contributed by atoms with Crippen molar-refractivity contribution in [2.45, 2.75) is 39.7 Å². The Kier molecular flexibility index (Phi) is 3.62. The maximum atomic E-state index is 5.85. The molecule has 2 aromatic rings. The predicted molar refractivity (Wildman–Crippen MR) is 76.3 cm³/mol. The summed E-state index contributed by atoms with van der Waals surface area (Å²) in [4.78, 5) is 3.47. The van der Waals surface area contributed by atoms with Gasteiger partial charge in [0.15, 0.2) is 0 Å². The molecule has 1 atom stereocenters. The van der Waals surface area contributed by atoms with Gasteiger partial charge in [0.1, 0.15) is 5.75 Å². The van der Waals surface area contributed by atoms with Gasteiger partial charge in [-0.15, -0.1) is 0 Å². The molecular weight excluding hydrogens is 224 g/mol. The van der Waals surface area contributed by atoms with Crippen LogP contribution in [0.4, 0.5) is 0 Å². The molecule has 18 heavy (non-hydrogen) atoms. The number of benzene rings is 1. The lowest BCUT2D eigenvalue weighted by Crippen LogP contribution is -2.15. The first-order valence-corrected chi connectivity index (χ1v) is 6.44. The molecule has 1 heterocycles. The number of H-pyrrole nitrogens is 1. The molecule has 98 valence electrons. The number of fused-ring (bicyclic) bond motifs is 1. The normalized spacial score (nSPS) is 12.9. The average Bonchev–Trinajstić information content (AvgIpc) is 2.63. The van der Waals surface area contributed by atoms with Gasteiger partial charge >= 0.3 is 0 Å². The molecule has 0 saturated carbocycles. The van der Waals surface area contributed by atoms with Crippen molar-refractivity contribution in [3.63, 3.8) is 0 Å². The van der Waals surface area contributed by atoms with Gasteiger partial charge in [0.2, 0.25) is 0 Å². The van der Waals surface area contributed by atoms with E-state index in [1.807, 2.05) is 0 Å². The van der Waals surface area contributed by atoms with E-state index in [9.17, 15) is 0 Å². The third-order valence-corrected chi connectivity index (χ3v) is 3.48. The van der Waals surface area contributed by atoms with E-state index >= 15 is 0 Å². The SMILES string of the molecule is COc1cc(C)c2[nH]c(C)c(CCC(C)N)c2c1. The van der Waals surface area contributed by atoms with Crippen molar-refractivity contribution in [1.82, 2.24) is 4.98 Å². The van der Waals surface area contributed by atoms with E-state index < -0.39 is 0 Å². The van der Waals surface area contributed by atoms with E-state index in [-0.39, 0.29) is 6.04 Å². The van der Waals surface area contributed by atoms with Crippen LogP contribution in [0.5, 0.6) is 5.75 Å². The number of ether oxygens (including phenoxy) is 1. The molecule has 2 rings (SSSR count). The zero-order chi connectivity index (χ0) is 13.3. The van der Waals surface area contributed by atoms with Gasteiger partial charge in [-0.25, -0.2) is 0 Å². The number of aromatic amines is 1. The van der Waals surface area contributed by atoms with Crippen molar-refractivity contribution in [3.8, 4) is 5.75 Å². The third kappa shape index (κ3) is 2.36. The Labute approximate surface area is 108 Å². The molecule has 3 heteroatoms. The zero-order valence-corrected chi connectivity index (χ0v) is 11.6. The van der Waals surface area contributed by atoms with Crippen molar-refractivity contribution < 1.29 is 4.74 Å². The lowest BCUT2D eigenvalue weighted by molar-refractivity contribution is 0.415. The minimum absolute atomic E-state index is 0.237. The van der Waals surface area contributed by atoms with Crippen molar-refractivity contribution >= 4 is 10.9 Å². The minimum Gasteiger partial charge on any atom is -0.497 e. The molecule has 0 radical (unpaired) electrons. The summed E-state index contributed by atoms with van der Waals surface area (Å²) in [7, 11) is 1.71. The summed E-state index contributed by atoms with van der Waals surface area (Å²) in [6, 6.07) is 4.41. The van der Waals surface area contributed by atoms with Crippen LogP contribution in [0.15, 0.2) is 12.1 Å². The molecule has 0 aliphatic carbocycles. The minimum atomic E-state index is 0.237. The molecule has 0 fully saturated rings. The van der Waals surface area contributed by atoms with E-state index in [1.165, 1.54) is 27.7 Å². The number of methoxy groups -OCH3 is 1. The lowest BCUT2D eigenvalue weighted by Gasteiger charge is -2.07. The first-order valence-electron chi connectivity index (χ1n) is 6.44. The van der Waals surface area contributed by atoms with Gasteiger partial charge in [0, 0.05) is 22.6 Å². The van der Waals surface area contributed by atoms with Crippen molar-refractivity contribution in [1.29, 1.82) is 0 Å². The number of aryl methyl sites for hydroxylation is 3. The summed E-state index contributed by atoms with van der Waals surface area (Å²) in [6.45, 7) is 6.29. The van der Waals surface area contributed by atoms with Crippen LogP contribution < -0.4 is 10.5 Å². The second-order valence-corrected chi connectivity index (χ2v) is 5.11. The fraction of sp³-hybridized carbons (Fsp3) is 0.467. The largest absolute Gasteiger partial charge is 0.497 e. The summed E-state index contributed by atoms with van der Waals surface area (Å²) in [6.07, 6.45) is 2.01. The predicted octanol–water partition coefficient (Wildman–Crippen LogP) is 3.07. The van der Waals surface area contributed by atoms with Crippen LogP contribution in [0.1, 0.15) is 30.2 Å². The first kappa shape index (κ1) is 13.0. The second kappa shape index (κ2) is 5.02. The van der Waals surface area contributed by atoms with Gasteiger partial charge in [0.25, 0.3) is 0 Å². The molecule has 1 unspecified atom stereocenters. The number of nitrogens with two attached hydrogens (primary N) is 1. The van der Waals surface area contributed by atoms with Crippen LogP contribution >= 0.6 is 0 Å². The summed E-state index contributed by atoms with van der Waals surface area (Å²) >= 11 is 0.